The smallest absolute Gasteiger partial charge is 0.341 e. The van der Waals surface area contributed by atoms with E-state index in [9.17, 15) is 23.5 Å². The van der Waals surface area contributed by atoms with Gasteiger partial charge >= 0.3 is 11.9 Å². The normalized spacial score (nSPS) is 15.8. The molecule has 1 fully saturated rings. The van der Waals surface area contributed by atoms with Gasteiger partial charge in [-0.1, -0.05) is 0 Å². The van der Waals surface area contributed by atoms with E-state index < -0.39 is 34.6 Å². The van der Waals surface area contributed by atoms with Crippen LogP contribution in [0.4, 0.5) is 8.78 Å². The van der Waals surface area contributed by atoms with Gasteiger partial charge in [0.15, 0.2) is 0 Å². The summed E-state index contributed by atoms with van der Waals surface area (Å²) in [5, 5.41) is 9.18. The summed E-state index contributed by atoms with van der Waals surface area (Å²) in [5.41, 5.74) is -2.18. The Morgan fingerprint density at radius 1 is 1.40 bits per heavy atom. The van der Waals surface area contributed by atoms with Crippen molar-refractivity contribution in [2.45, 2.75) is 32.1 Å². The van der Waals surface area contributed by atoms with Crippen molar-refractivity contribution in [1.29, 1.82) is 0 Å². The minimum Gasteiger partial charge on any atom is -0.481 e. The number of ether oxygens (including phenoxy) is 1. The van der Waals surface area contributed by atoms with Crippen LogP contribution in [0.1, 0.15) is 41.3 Å². The molecule has 1 aliphatic rings. The Hall–Kier alpha value is -1.98. The van der Waals surface area contributed by atoms with Gasteiger partial charge in [0.25, 0.3) is 0 Å². The van der Waals surface area contributed by atoms with Gasteiger partial charge in [0.1, 0.15) is 11.6 Å². The fourth-order valence-corrected chi connectivity index (χ4v) is 2.39. The average molecular weight is 284 g/mol. The molecule has 0 unspecified atom stereocenters. The van der Waals surface area contributed by atoms with Crippen LogP contribution in [0.3, 0.4) is 0 Å². The first-order valence-electron chi connectivity index (χ1n) is 6.24. The SMILES string of the molecule is CCOC(=O)c1cc(F)c(C2(C(=O)O)CC2)c(C)c1F. The Labute approximate surface area is 114 Å². The summed E-state index contributed by atoms with van der Waals surface area (Å²) in [7, 11) is 0. The van der Waals surface area contributed by atoms with Crippen molar-refractivity contribution in [3.8, 4) is 0 Å². The number of halogens is 2. The summed E-state index contributed by atoms with van der Waals surface area (Å²) in [5.74, 6) is -3.94. The number of aliphatic carboxylic acids is 1. The van der Waals surface area contributed by atoms with E-state index in [0.717, 1.165) is 6.07 Å². The lowest BCUT2D eigenvalue weighted by Gasteiger charge is -2.17. The largest absolute Gasteiger partial charge is 0.481 e. The second-order valence-corrected chi connectivity index (χ2v) is 4.83. The number of carbonyl (C=O) groups is 2. The lowest BCUT2D eigenvalue weighted by atomic mass is 9.89. The van der Waals surface area contributed by atoms with Gasteiger partial charge in [-0.25, -0.2) is 13.6 Å². The Bertz CT molecular complexity index is 591. The summed E-state index contributed by atoms with van der Waals surface area (Å²) >= 11 is 0. The second kappa shape index (κ2) is 4.85. The van der Waals surface area contributed by atoms with Crippen LogP contribution in [-0.4, -0.2) is 23.7 Å². The molecule has 0 spiro atoms. The molecule has 1 aromatic rings. The summed E-state index contributed by atoms with van der Waals surface area (Å²) < 4.78 is 33.0. The first-order chi connectivity index (χ1) is 9.35. The van der Waals surface area contributed by atoms with Crippen molar-refractivity contribution < 1.29 is 28.2 Å². The number of carboxylic acid groups (broad SMARTS) is 1. The minimum atomic E-state index is -1.36. The number of hydrogen-bond acceptors (Lipinski definition) is 3. The van der Waals surface area contributed by atoms with Crippen LogP contribution in [-0.2, 0) is 14.9 Å². The molecule has 20 heavy (non-hydrogen) atoms. The van der Waals surface area contributed by atoms with E-state index in [1.807, 2.05) is 0 Å². The molecule has 0 heterocycles. The maximum Gasteiger partial charge on any atom is 0.341 e. The third kappa shape index (κ3) is 2.05. The molecule has 1 aromatic carbocycles. The third-order valence-electron chi connectivity index (χ3n) is 3.58. The van der Waals surface area contributed by atoms with E-state index >= 15 is 0 Å². The van der Waals surface area contributed by atoms with E-state index in [0.29, 0.717) is 0 Å². The monoisotopic (exact) mass is 284 g/mol. The summed E-state index contributed by atoms with van der Waals surface area (Å²) in [4.78, 5) is 22.8. The molecule has 1 N–H and O–H groups in total. The summed E-state index contributed by atoms with van der Waals surface area (Å²) in [6.45, 7) is 2.87. The van der Waals surface area contributed by atoms with E-state index in [1.165, 1.54) is 6.92 Å². The molecular weight excluding hydrogens is 270 g/mol. The third-order valence-corrected chi connectivity index (χ3v) is 3.58. The quantitative estimate of drug-likeness (QED) is 0.863. The van der Waals surface area contributed by atoms with Crippen molar-refractivity contribution in [2.24, 2.45) is 0 Å². The number of carboxylic acids is 1. The second-order valence-electron chi connectivity index (χ2n) is 4.83. The Balaban J connectivity index is 2.56. The zero-order valence-electron chi connectivity index (χ0n) is 11.1. The van der Waals surface area contributed by atoms with Gasteiger partial charge in [-0.2, -0.15) is 0 Å². The molecule has 0 aliphatic heterocycles. The molecule has 6 heteroatoms. The molecule has 0 bridgehead atoms. The zero-order chi connectivity index (χ0) is 15.1. The Kier molecular flexibility index (Phi) is 3.50. The minimum absolute atomic E-state index is 0.0414. The predicted octanol–water partition coefficient (Wildman–Crippen LogP) is 2.57. The van der Waals surface area contributed by atoms with Crippen LogP contribution < -0.4 is 0 Å². The molecule has 0 amide bonds. The topological polar surface area (TPSA) is 63.6 Å². The van der Waals surface area contributed by atoms with Crippen molar-refractivity contribution in [3.63, 3.8) is 0 Å². The van der Waals surface area contributed by atoms with Crippen molar-refractivity contribution in [1.82, 2.24) is 0 Å². The summed E-state index contributed by atoms with van der Waals surface area (Å²) in [6.07, 6.45) is 0.524. The van der Waals surface area contributed by atoms with Crippen molar-refractivity contribution in [2.75, 3.05) is 6.61 Å². The molecule has 108 valence electrons. The van der Waals surface area contributed by atoms with Crippen molar-refractivity contribution in [3.05, 3.63) is 34.4 Å². The highest BCUT2D eigenvalue weighted by Gasteiger charge is 2.54. The van der Waals surface area contributed by atoms with E-state index in [4.69, 9.17) is 0 Å². The van der Waals surface area contributed by atoms with E-state index in [-0.39, 0.29) is 30.6 Å². The first kappa shape index (κ1) is 14.4. The number of rotatable bonds is 4. The van der Waals surface area contributed by atoms with Gasteiger partial charge in [-0.15, -0.1) is 0 Å². The lowest BCUT2D eigenvalue weighted by molar-refractivity contribution is -0.140. The Morgan fingerprint density at radius 3 is 2.45 bits per heavy atom. The number of benzene rings is 1. The fraction of sp³-hybridized carbons (Fsp3) is 0.429. The molecule has 0 radical (unpaired) electrons. The summed E-state index contributed by atoms with van der Waals surface area (Å²) in [6, 6.07) is 0.721. The molecule has 0 atom stereocenters. The molecule has 2 rings (SSSR count). The van der Waals surface area contributed by atoms with E-state index in [2.05, 4.69) is 4.74 Å². The molecule has 1 aliphatic carbocycles. The number of carbonyl (C=O) groups excluding carboxylic acids is 1. The molecular formula is C14H14F2O4. The van der Waals surface area contributed by atoms with Crippen molar-refractivity contribution >= 4 is 11.9 Å². The molecule has 4 nitrogen and oxygen atoms in total. The van der Waals surface area contributed by atoms with Crippen LogP contribution in [0.5, 0.6) is 0 Å². The van der Waals surface area contributed by atoms with Crippen LogP contribution in [0, 0.1) is 18.6 Å². The van der Waals surface area contributed by atoms with E-state index in [1.54, 1.807) is 6.92 Å². The zero-order valence-corrected chi connectivity index (χ0v) is 11.1. The average Bonchev–Trinajstić information content (AvgIpc) is 3.15. The van der Waals surface area contributed by atoms with Gasteiger partial charge in [0.2, 0.25) is 0 Å². The number of esters is 1. The van der Waals surface area contributed by atoms with Crippen LogP contribution in [0.25, 0.3) is 0 Å². The van der Waals surface area contributed by atoms with Gasteiger partial charge in [0, 0.05) is 5.56 Å². The van der Waals surface area contributed by atoms with Gasteiger partial charge in [0.05, 0.1) is 17.6 Å². The molecule has 1 saturated carbocycles. The predicted molar refractivity (Wildman–Crippen MR) is 65.6 cm³/mol. The first-order valence-corrected chi connectivity index (χ1v) is 6.24. The van der Waals surface area contributed by atoms with Gasteiger partial charge in [-0.05, 0) is 38.3 Å². The highest BCUT2D eigenvalue weighted by atomic mass is 19.1. The van der Waals surface area contributed by atoms with Gasteiger partial charge < -0.3 is 9.84 Å². The highest BCUT2D eigenvalue weighted by molar-refractivity contribution is 5.91. The standard InChI is InChI=1S/C14H14F2O4/c1-3-20-12(17)8-6-9(15)10(7(2)11(8)16)14(4-5-14)13(18)19/h6H,3-5H2,1-2H3,(H,18,19). The fourth-order valence-electron chi connectivity index (χ4n) is 2.39. The molecule has 0 aromatic heterocycles. The number of hydrogen-bond donors (Lipinski definition) is 1. The van der Waals surface area contributed by atoms with Crippen LogP contribution in [0.15, 0.2) is 6.07 Å². The van der Waals surface area contributed by atoms with Crippen LogP contribution >= 0.6 is 0 Å². The maximum absolute atomic E-state index is 14.2. The van der Waals surface area contributed by atoms with Gasteiger partial charge in [-0.3, -0.25) is 4.79 Å². The maximum atomic E-state index is 14.2. The highest BCUT2D eigenvalue weighted by Crippen LogP contribution is 2.51. The van der Waals surface area contributed by atoms with Crippen LogP contribution in [0.2, 0.25) is 0 Å². The lowest BCUT2D eigenvalue weighted by Crippen LogP contribution is -2.24. The Morgan fingerprint density at radius 2 is 2.00 bits per heavy atom. The molecule has 0 saturated heterocycles.